The zero-order valence-electron chi connectivity index (χ0n) is 20.1. The van der Waals surface area contributed by atoms with Crippen LogP contribution in [0.4, 0.5) is 10.3 Å². The van der Waals surface area contributed by atoms with Crippen molar-refractivity contribution in [2.75, 3.05) is 18.5 Å². The SMILES string of the molecule is CCCOC(=O)C1=C(C)Nc2nc(SCc3ccccc3F)nn2C1c1ccc(OCCC)cc1. The fourth-order valence-electron chi connectivity index (χ4n) is 3.76. The maximum absolute atomic E-state index is 14.1. The maximum atomic E-state index is 14.1. The second kappa shape index (κ2) is 11.4. The van der Waals surface area contributed by atoms with Crippen LogP contribution in [-0.2, 0) is 15.3 Å². The molecule has 4 rings (SSSR count). The molecule has 35 heavy (non-hydrogen) atoms. The van der Waals surface area contributed by atoms with Crippen LogP contribution in [0.1, 0.15) is 50.8 Å². The van der Waals surface area contributed by atoms with Gasteiger partial charge in [-0.3, -0.25) is 0 Å². The highest BCUT2D eigenvalue weighted by atomic mass is 32.2. The molecule has 7 nitrogen and oxygen atoms in total. The van der Waals surface area contributed by atoms with Crippen molar-refractivity contribution in [2.24, 2.45) is 0 Å². The number of rotatable bonds is 10. The minimum atomic E-state index is -0.522. The fourth-order valence-corrected chi connectivity index (χ4v) is 4.58. The van der Waals surface area contributed by atoms with E-state index in [4.69, 9.17) is 9.47 Å². The number of nitrogens with one attached hydrogen (secondary N) is 1. The normalized spacial score (nSPS) is 14.9. The molecular weight excluding hydrogens is 467 g/mol. The maximum Gasteiger partial charge on any atom is 0.338 e. The predicted octanol–water partition coefficient (Wildman–Crippen LogP) is 5.74. The number of carbonyl (C=O) groups is 1. The lowest BCUT2D eigenvalue weighted by atomic mass is 9.96. The first-order valence-corrected chi connectivity index (χ1v) is 12.7. The first-order valence-electron chi connectivity index (χ1n) is 11.7. The van der Waals surface area contributed by atoms with E-state index in [-0.39, 0.29) is 5.82 Å². The van der Waals surface area contributed by atoms with Gasteiger partial charge in [-0.1, -0.05) is 55.9 Å². The van der Waals surface area contributed by atoms with E-state index in [1.165, 1.54) is 17.8 Å². The van der Waals surface area contributed by atoms with Crippen LogP contribution in [-0.4, -0.2) is 33.9 Å². The van der Waals surface area contributed by atoms with E-state index < -0.39 is 12.0 Å². The second-order valence-electron chi connectivity index (χ2n) is 8.16. The number of carbonyl (C=O) groups excluding carboxylic acids is 1. The van der Waals surface area contributed by atoms with Crippen LogP contribution in [0.25, 0.3) is 0 Å². The van der Waals surface area contributed by atoms with Gasteiger partial charge in [0.25, 0.3) is 0 Å². The summed E-state index contributed by atoms with van der Waals surface area (Å²) in [5.74, 6) is 1.02. The summed E-state index contributed by atoms with van der Waals surface area (Å²) in [6.45, 7) is 6.81. The lowest BCUT2D eigenvalue weighted by Gasteiger charge is -2.28. The van der Waals surface area contributed by atoms with Crippen molar-refractivity contribution in [3.8, 4) is 5.75 Å². The molecule has 1 aliphatic rings. The first-order chi connectivity index (χ1) is 17.0. The number of ether oxygens (including phenoxy) is 2. The van der Waals surface area contributed by atoms with Gasteiger partial charge in [-0.15, -0.1) is 5.10 Å². The smallest absolute Gasteiger partial charge is 0.338 e. The molecule has 3 aromatic rings. The van der Waals surface area contributed by atoms with E-state index in [0.29, 0.717) is 46.9 Å². The molecule has 1 aromatic heterocycles. The van der Waals surface area contributed by atoms with Gasteiger partial charge in [-0.25, -0.2) is 13.9 Å². The molecule has 9 heteroatoms. The van der Waals surface area contributed by atoms with Gasteiger partial charge in [-0.05, 0) is 49.1 Å². The average molecular weight is 497 g/mol. The summed E-state index contributed by atoms with van der Waals surface area (Å²) in [6.07, 6.45) is 1.64. The number of hydrogen-bond acceptors (Lipinski definition) is 7. The van der Waals surface area contributed by atoms with Crippen molar-refractivity contribution >= 4 is 23.7 Å². The number of esters is 1. The molecule has 1 atom stereocenters. The Labute approximate surface area is 208 Å². The third-order valence-corrected chi connectivity index (χ3v) is 6.36. The van der Waals surface area contributed by atoms with Crippen molar-refractivity contribution in [1.82, 2.24) is 14.8 Å². The third-order valence-electron chi connectivity index (χ3n) is 5.47. The van der Waals surface area contributed by atoms with Crippen LogP contribution in [0.15, 0.2) is 65.0 Å². The Morgan fingerprint density at radius 2 is 1.86 bits per heavy atom. The lowest BCUT2D eigenvalue weighted by Crippen LogP contribution is -2.29. The number of aromatic nitrogens is 3. The predicted molar refractivity (Wildman–Crippen MR) is 134 cm³/mol. The monoisotopic (exact) mass is 496 g/mol. The number of benzene rings is 2. The molecule has 2 heterocycles. The molecule has 0 spiro atoms. The highest BCUT2D eigenvalue weighted by molar-refractivity contribution is 7.98. The zero-order valence-corrected chi connectivity index (χ0v) is 20.9. The Morgan fingerprint density at radius 1 is 1.11 bits per heavy atom. The second-order valence-corrected chi connectivity index (χ2v) is 9.10. The third kappa shape index (κ3) is 5.67. The molecule has 0 saturated carbocycles. The van der Waals surface area contributed by atoms with E-state index in [2.05, 4.69) is 22.3 Å². The summed E-state index contributed by atoms with van der Waals surface area (Å²) >= 11 is 1.34. The number of hydrogen-bond donors (Lipinski definition) is 1. The van der Waals surface area contributed by atoms with Crippen molar-refractivity contribution < 1.29 is 18.7 Å². The standard InChI is InChI=1S/C26H29FN4O3S/c1-4-14-33-20-12-10-18(11-13-20)23-22(24(32)34-15-5-2)17(3)28-25-29-26(30-31(23)25)35-16-19-8-6-7-9-21(19)27/h6-13,23H,4-5,14-16H2,1-3H3,(H,28,29,30). The number of allylic oxidation sites excluding steroid dienone is 1. The molecule has 1 unspecified atom stereocenters. The van der Waals surface area contributed by atoms with E-state index >= 15 is 0 Å². The summed E-state index contributed by atoms with van der Waals surface area (Å²) in [4.78, 5) is 17.7. The number of halogens is 1. The van der Waals surface area contributed by atoms with E-state index in [0.717, 1.165) is 24.2 Å². The molecule has 1 aliphatic heterocycles. The fraction of sp³-hybridized carbons (Fsp3) is 0.346. The van der Waals surface area contributed by atoms with Crippen molar-refractivity contribution in [3.63, 3.8) is 0 Å². The summed E-state index contributed by atoms with van der Waals surface area (Å²) in [5, 5.41) is 8.36. The van der Waals surface area contributed by atoms with Crippen molar-refractivity contribution in [2.45, 2.75) is 50.6 Å². The van der Waals surface area contributed by atoms with Gasteiger partial charge in [0.1, 0.15) is 17.6 Å². The van der Waals surface area contributed by atoms with Crippen LogP contribution >= 0.6 is 11.8 Å². The van der Waals surface area contributed by atoms with Crippen molar-refractivity contribution in [3.05, 3.63) is 76.7 Å². The van der Waals surface area contributed by atoms with Crippen LogP contribution in [0.3, 0.4) is 0 Å². The molecular formula is C26H29FN4O3S. The number of nitrogens with zero attached hydrogens (tertiary/aromatic N) is 3. The van der Waals surface area contributed by atoms with Crippen LogP contribution in [0, 0.1) is 5.82 Å². The Bertz CT molecular complexity index is 1210. The minimum absolute atomic E-state index is 0.260. The Hall–Kier alpha value is -3.33. The Balaban J connectivity index is 1.66. The van der Waals surface area contributed by atoms with Gasteiger partial charge in [0, 0.05) is 11.4 Å². The number of thioether (sulfide) groups is 1. The van der Waals surface area contributed by atoms with Gasteiger partial charge >= 0.3 is 5.97 Å². The average Bonchev–Trinajstić information content (AvgIpc) is 3.27. The van der Waals surface area contributed by atoms with Gasteiger partial charge in [0.2, 0.25) is 11.1 Å². The van der Waals surface area contributed by atoms with Gasteiger partial charge in [0.05, 0.1) is 18.8 Å². The Kier molecular flexibility index (Phi) is 8.07. The largest absolute Gasteiger partial charge is 0.494 e. The lowest BCUT2D eigenvalue weighted by molar-refractivity contribution is -0.139. The summed E-state index contributed by atoms with van der Waals surface area (Å²) in [5.41, 5.74) is 2.57. The van der Waals surface area contributed by atoms with Crippen LogP contribution in [0.2, 0.25) is 0 Å². The highest BCUT2D eigenvalue weighted by Gasteiger charge is 2.35. The Morgan fingerprint density at radius 3 is 2.57 bits per heavy atom. The van der Waals surface area contributed by atoms with Gasteiger partial charge < -0.3 is 14.8 Å². The minimum Gasteiger partial charge on any atom is -0.494 e. The van der Waals surface area contributed by atoms with E-state index in [1.807, 2.05) is 38.1 Å². The zero-order chi connectivity index (χ0) is 24.8. The topological polar surface area (TPSA) is 78.3 Å². The number of fused-ring (bicyclic) bond motifs is 1. The first kappa shape index (κ1) is 24.8. The molecule has 2 aromatic carbocycles. The summed E-state index contributed by atoms with van der Waals surface area (Å²) < 4.78 is 27.0. The van der Waals surface area contributed by atoms with Crippen LogP contribution < -0.4 is 10.1 Å². The molecule has 1 N–H and O–H groups in total. The quantitative estimate of drug-likeness (QED) is 0.283. The molecule has 0 aliphatic carbocycles. The molecule has 0 saturated heterocycles. The van der Waals surface area contributed by atoms with Gasteiger partial charge in [-0.2, -0.15) is 4.98 Å². The molecule has 0 radical (unpaired) electrons. The molecule has 0 amide bonds. The highest BCUT2D eigenvalue weighted by Crippen LogP contribution is 2.37. The number of anilines is 1. The molecule has 0 bridgehead atoms. The summed E-state index contributed by atoms with van der Waals surface area (Å²) in [6, 6.07) is 13.8. The molecule has 0 fully saturated rings. The van der Waals surface area contributed by atoms with E-state index in [9.17, 15) is 9.18 Å². The van der Waals surface area contributed by atoms with Crippen LogP contribution in [0.5, 0.6) is 5.75 Å². The van der Waals surface area contributed by atoms with E-state index in [1.54, 1.807) is 22.9 Å². The molecule has 184 valence electrons. The van der Waals surface area contributed by atoms with Crippen molar-refractivity contribution in [1.29, 1.82) is 0 Å². The van der Waals surface area contributed by atoms with Gasteiger partial charge in [0.15, 0.2) is 0 Å². The summed E-state index contributed by atoms with van der Waals surface area (Å²) in [7, 11) is 0.